The minimum atomic E-state index is -0.653. The minimum absolute atomic E-state index is 0.255. The van der Waals surface area contributed by atoms with Gasteiger partial charge in [-0.2, -0.15) is 0 Å². The number of esters is 1. The van der Waals surface area contributed by atoms with Gasteiger partial charge in [0.2, 0.25) is 0 Å². The Kier molecular flexibility index (Phi) is 4.18. The molecule has 1 aliphatic heterocycles. The number of hydrogen-bond donors (Lipinski definition) is 1. The molecule has 126 valence electrons. The minimum Gasteiger partial charge on any atom is -0.497 e. The van der Waals surface area contributed by atoms with Crippen molar-refractivity contribution in [2.75, 3.05) is 12.4 Å². The molecule has 0 spiro atoms. The summed E-state index contributed by atoms with van der Waals surface area (Å²) in [5.74, 6) is 1.23. The highest BCUT2D eigenvalue weighted by Gasteiger charge is 2.44. The van der Waals surface area contributed by atoms with E-state index in [-0.39, 0.29) is 5.97 Å². The average Bonchev–Trinajstić information content (AvgIpc) is 2.81. The van der Waals surface area contributed by atoms with E-state index in [4.69, 9.17) is 9.47 Å². The number of rotatable bonds is 4. The summed E-state index contributed by atoms with van der Waals surface area (Å²) in [6, 6.07) is 11.1. The van der Waals surface area contributed by atoms with Crippen molar-refractivity contribution < 1.29 is 14.3 Å². The first-order chi connectivity index (χ1) is 11.4. The van der Waals surface area contributed by atoms with Crippen LogP contribution in [0.25, 0.3) is 0 Å². The number of anilines is 1. The molecule has 0 saturated carbocycles. The monoisotopic (exact) mass is 326 g/mol. The molecule has 0 aliphatic carbocycles. The predicted molar refractivity (Wildman–Crippen MR) is 92.2 cm³/mol. The molecule has 1 saturated heterocycles. The van der Waals surface area contributed by atoms with Gasteiger partial charge in [0.25, 0.3) is 0 Å². The lowest BCUT2D eigenvalue weighted by molar-refractivity contribution is -0.148. The zero-order valence-electron chi connectivity index (χ0n) is 14.4. The van der Waals surface area contributed by atoms with Crippen LogP contribution in [0.2, 0.25) is 0 Å². The normalized spacial score (nSPS) is 23.0. The number of carbonyl (C=O) groups excluding carboxylic acids is 1. The Morgan fingerprint density at radius 1 is 1.25 bits per heavy atom. The molecule has 5 nitrogen and oxygen atoms in total. The number of nitrogens with zero attached hydrogens (tertiary/aromatic N) is 1. The maximum atomic E-state index is 12.3. The molecule has 0 amide bonds. The summed E-state index contributed by atoms with van der Waals surface area (Å²) in [4.78, 5) is 16.8. The number of cyclic esters (lactones) is 1. The number of hydrogen-bond acceptors (Lipinski definition) is 5. The Labute approximate surface area is 142 Å². The van der Waals surface area contributed by atoms with E-state index in [0.29, 0.717) is 12.2 Å². The van der Waals surface area contributed by atoms with Gasteiger partial charge in [0, 0.05) is 12.1 Å². The van der Waals surface area contributed by atoms with Gasteiger partial charge in [-0.25, -0.2) is 9.78 Å². The number of benzene rings is 1. The Morgan fingerprint density at radius 3 is 2.58 bits per heavy atom. The lowest BCUT2D eigenvalue weighted by Crippen LogP contribution is -2.25. The van der Waals surface area contributed by atoms with Crippen molar-refractivity contribution in [2.45, 2.75) is 38.8 Å². The SMILES string of the molecule is COc1ccc(C2(C)CC(Nc3cc(C)cc(C)n3)C(=O)O2)cc1. The molecule has 0 bridgehead atoms. The van der Waals surface area contributed by atoms with Gasteiger partial charge in [-0.15, -0.1) is 0 Å². The fraction of sp³-hybridized carbons (Fsp3) is 0.368. The molecule has 1 aliphatic rings. The lowest BCUT2D eigenvalue weighted by atomic mass is 9.91. The molecule has 2 unspecified atom stereocenters. The first-order valence-corrected chi connectivity index (χ1v) is 7.99. The van der Waals surface area contributed by atoms with Crippen molar-refractivity contribution in [3.8, 4) is 5.75 Å². The molecule has 5 heteroatoms. The highest BCUT2D eigenvalue weighted by molar-refractivity contribution is 5.82. The van der Waals surface area contributed by atoms with Gasteiger partial charge in [-0.3, -0.25) is 0 Å². The standard InChI is InChI=1S/C19H22N2O3/c1-12-9-13(2)20-17(10-12)21-16-11-19(3,24-18(16)22)14-5-7-15(23-4)8-6-14/h5-10,16H,11H2,1-4H3,(H,20,21). The number of pyridine rings is 1. The summed E-state index contributed by atoms with van der Waals surface area (Å²) in [5, 5.41) is 3.21. The molecule has 3 rings (SSSR count). The maximum absolute atomic E-state index is 12.3. The van der Waals surface area contributed by atoms with Crippen LogP contribution in [0.5, 0.6) is 5.75 Å². The van der Waals surface area contributed by atoms with Gasteiger partial charge in [-0.05, 0) is 56.2 Å². The van der Waals surface area contributed by atoms with Gasteiger partial charge in [0.05, 0.1) is 7.11 Å². The third-order valence-corrected chi connectivity index (χ3v) is 4.32. The van der Waals surface area contributed by atoms with E-state index in [1.54, 1.807) is 7.11 Å². The van der Waals surface area contributed by atoms with Crippen LogP contribution in [0.3, 0.4) is 0 Å². The van der Waals surface area contributed by atoms with E-state index in [0.717, 1.165) is 22.6 Å². The Hall–Kier alpha value is -2.56. The lowest BCUT2D eigenvalue weighted by Gasteiger charge is -2.23. The summed E-state index contributed by atoms with van der Waals surface area (Å²) in [6.45, 7) is 5.88. The predicted octanol–water partition coefficient (Wildman–Crippen LogP) is 3.35. The first-order valence-electron chi connectivity index (χ1n) is 7.99. The maximum Gasteiger partial charge on any atom is 0.329 e. The van der Waals surface area contributed by atoms with E-state index in [2.05, 4.69) is 10.3 Å². The zero-order chi connectivity index (χ0) is 17.3. The first kappa shape index (κ1) is 16.3. The van der Waals surface area contributed by atoms with Crippen LogP contribution < -0.4 is 10.1 Å². The van der Waals surface area contributed by atoms with Crippen LogP contribution in [0.15, 0.2) is 36.4 Å². The van der Waals surface area contributed by atoms with Crippen molar-refractivity contribution >= 4 is 11.8 Å². The number of methoxy groups -OCH3 is 1. The summed E-state index contributed by atoms with van der Waals surface area (Å²) in [5.41, 5.74) is 2.32. The van der Waals surface area contributed by atoms with Crippen LogP contribution in [-0.4, -0.2) is 24.1 Å². The van der Waals surface area contributed by atoms with Gasteiger partial charge < -0.3 is 14.8 Å². The molecular formula is C19H22N2O3. The largest absolute Gasteiger partial charge is 0.497 e. The number of aromatic nitrogens is 1. The van der Waals surface area contributed by atoms with E-state index in [1.165, 1.54) is 0 Å². The number of ether oxygens (including phenoxy) is 2. The van der Waals surface area contributed by atoms with E-state index in [9.17, 15) is 4.79 Å². The van der Waals surface area contributed by atoms with Gasteiger partial charge >= 0.3 is 5.97 Å². The molecule has 2 heterocycles. The summed E-state index contributed by atoms with van der Waals surface area (Å²) in [6.07, 6.45) is 0.548. The van der Waals surface area contributed by atoms with Crippen molar-refractivity contribution in [3.63, 3.8) is 0 Å². The molecule has 24 heavy (non-hydrogen) atoms. The van der Waals surface area contributed by atoms with Crippen molar-refractivity contribution in [1.82, 2.24) is 4.98 Å². The van der Waals surface area contributed by atoms with Crippen molar-refractivity contribution in [1.29, 1.82) is 0 Å². The zero-order valence-corrected chi connectivity index (χ0v) is 14.4. The molecule has 2 aromatic rings. The van der Waals surface area contributed by atoms with Crippen LogP contribution in [0.1, 0.15) is 30.2 Å². The highest BCUT2D eigenvalue weighted by Crippen LogP contribution is 2.38. The third-order valence-electron chi connectivity index (χ3n) is 4.32. The van der Waals surface area contributed by atoms with Crippen LogP contribution in [-0.2, 0) is 15.1 Å². The second kappa shape index (κ2) is 6.15. The van der Waals surface area contributed by atoms with Gasteiger partial charge in [0.1, 0.15) is 23.2 Å². The van der Waals surface area contributed by atoms with E-state index >= 15 is 0 Å². The molecule has 1 fully saturated rings. The Morgan fingerprint density at radius 2 is 1.96 bits per heavy atom. The molecule has 1 N–H and O–H groups in total. The highest BCUT2D eigenvalue weighted by atomic mass is 16.6. The Bertz CT molecular complexity index is 737. The molecule has 2 atom stereocenters. The molecular weight excluding hydrogens is 304 g/mol. The summed E-state index contributed by atoms with van der Waals surface area (Å²) >= 11 is 0. The molecule has 0 radical (unpaired) electrons. The topological polar surface area (TPSA) is 60.5 Å². The third kappa shape index (κ3) is 3.20. The number of nitrogens with one attached hydrogen (secondary N) is 1. The quantitative estimate of drug-likeness (QED) is 0.873. The summed E-state index contributed by atoms with van der Waals surface area (Å²) in [7, 11) is 1.63. The molecule has 1 aromatic carbocycles. The van der Waals surface area contributed by atoms with Crippen LogP contribution in [0.4, 0.5) is 5.82 Å². The van der Waals surface area contributed by atoms with E-state index < -0.39 is 11.6 Å². The molecule has 1 aromatic heterocycles. The summed E-state index contributed by atoms with van der Waals surface area (Å²) < 4.78 is 10.9. The fourth-order valence-electron chi connectivity index (χ4n) is 3.13. The number of carbonyl (C=O) groups is 1. The van der Waals surface area contributed by atoms with Crippen LogP contribution in [0, 0.1) is 13.8 Å². The Balaban J connectivity index is 1.79. The number of aryl methyl sites for hydroxylation is 2. The fourth-order valence-corrected chi connectivity index (χ4v) is 3.13. The van der Waals surface area contributed by atoms with Crippen molar-refractivity contribution in [3.05, 3.63) is 53.2 Å². The average molecular weight is 326 g/mol. The second-order valence-electron chi connectivity index (χ2n) is 6.45. The van der Waals surface area contributed by atoms with Crippen LogP contribution >= 0.6 is 0 Å². The van der Waals surface area contributed by atoms with Gasteiger partial charge in [0.15, 0.2) is 0 Å². The second-order valence-corrected chi connectivity index (χ2v) is 6.45. The van der Waals surface area contributed by atoms with Crippen molar-refractivity contribution in [2.24, 2.45) is 0 Å². The van der Waals surface area contributed by atoms with E-state index in [1.807, 2.05) is 57.2 Å². The smallest absolute Gasteiger partial charge is 0.329 e. The van der Waals surface area contributed by atoms with Gasteiger partial charge in [-0.1, -0.05) is 12.1 Å².